The second kappa shape index (κ2) is 2.87. The number of carboxylic acids is 1. The first-order valence-electron chi connectivity index (χ1n) is 4.42. The van der Waals surface area contributed by atoms with Crippen molar-refractivity contribution in [2.24, 2.45) is 5.92 Å². The maximum atomic E-state index is 11.4. The third-order valence-corrected chi connectivity index (χ3v) is 2.72. The molecule has 0 spiro atoms. The average Bonchev–Trinajstić information content (AvgIpc) is 2.49. The van der Waals surface area contributed by atoms with Gasteiger partial charge in [0.15, 0.2) is 0 Å². The van der Waals surface area contributed by atoms with Crippen LogP contribution in [0, 0.1) is 5.92 Å². The van der Waals surface area contributed by atoms with Gasteiger partial charge in [-0.1, -0.05) is 0 Å². The predicted molar refractivity (Wildman–Crippen MR) is 45.0 cm³/mol. The van der Waals surface area contributed by atoms with Gasteiger partial charge in [0.25, 0.3) is 0 Å². The fourth-order valence-electron chi connectivity index (χ4n) is 2.09. The number of fused-ring (bicyclic) bond motifs is 1. The lowest BCUT2D eigenvalue weighted by molar-refractivity contribution is -0.135. The molecule has 0 aromatic carbocycles. The van der Waals surface area contributed by atoms with Crippen LogP contribution in [0.4, 0.5) is 0 Å². The number of hydrogen-bond acceptors (Lipinski definition) is 3. The second-order valence-electron chi connectivity index (χ2n) is 3.51. The van der Waals surface area contributed by atoms with Crippen LogP contribution in [0.2, 0.25) is 0 Å². The molecule has 70 valence electrons. The van der Waals surface area contributed by atoms with Gasteiger partial charge in [-0.25, -0.2) is 4.79 Å². The number of carbonyl (C=O) groups is 2. The van der Waals surface area contributed by atoms with Gasteiger partial charge in [-0.2, -0.15) is 0 Å². The molecule has 0 saturated heterocycles. The summed E-state index contributed by atoms with van der Waals surface area (Å²) < 4.78 is 0. The molecular formula is C9H11NO3. The molecule has 4 heteroatoms. The van der Waals surface area contributed by atoms with Gasteiger partial charge in [0.05, 0.1) is 11.5 Å². The first-order chi connectivity index (χ1) is 6.20. The molecule has 1 aliphatic heterocycles. The van der Waals surface area contributed by atoms with Crippen LogP contribution in [0.5, 0.6) is 0 Å². The van der Waals surface area contributed by atoms with Crippen molar-refractivity contribution in [2.75, 3.05) is 0 Å². The van der Waals surface area contributed by atoms with E-state index in [1.165, 1.54) is 6.20 Å². The van der Waals surface area contributed by atoms with Crippen molar-refractivity contribution >= 4 is 11.8 Å². The lowest BCUT2D eigenvalue weighted by atomic mass is 9.81. The van der Waals surface area contributed by atoms with E-state index < -0.39 is 11.9 Å². The lowest BCUT2D eigenvalue weighted by Gasteiger charge is -2.24. The highest BCUT2D eigenvalue weighted by atomic mass is 16.4. The Morgan fingerprint density at radius 2 is 2.38 bits per heavy atom. The van der Waals surface area contributed by atoms with Gasteiger partial charge >= 0.3 is 5.97 Å². The molecule has 1 heterocycles. The molecule has 2 unspecified atom stereocenters. The summed E-state index contributed by atoms with van der Waals surface area (Å²) in [5.41, 5.74) is 0.231. The molecule has 0 aromatic heterocycles. The van der Waals surface area contributed by atoms with Gasteiger partial charge < -0.3 is 10.4 Å². The van der Waals surface area contributed by atoms with Gasteiger partial charge in [-0.3, -0.25) is 4.79 Å². The number of aliphatic carboxylic acids is 1. The summed E-state index contributed by atoms with van der Waals surface area (Å²) in [4.78, 5) is 22.2. The van der Waals surface area contributed by atoms with E-state index in [1.807, 2.05) is 0 Å². The quantitative estimate of drug-likeness (QED) is 0.610. The Hall–Kier alpha value is -1.32. The number of ketones is 1. The molecule has 4 nitrogen and oxygen atoms in total. The van der Waals surface area contributed by atoms with Gasteiger partial charge in [0.2, 0.25) is 0 Å². The van der Waals surface area contributed by atoms with Crippen LogP contribution >= 0.6 is 0 Å². The fourth-order valence-corrected chi connectivity index (χ4v) is 2.09. The van der Waals surface area contributed by atoms with Crippen LogP contribution in [0.1, 0.15) is 19.3 Å². The van der Waals surface area contributed by atoms with Crippen molar-refractivity contribution < 1.29 is 14.7 Å². The largest absolute Gasteiger partial charge is 0.478 e. The Balaban J connectivity index is 2.24. The number of nitrogens with one attached hydrogen (secondary N) is 1. The zero-order chi connectivity index (χ0) is 9.42. The third kappa shape index (κ3) is 1.22. The van der Waals surface area contributed by atoms with E-state index in [9.17, 15) is 9.59 Å². The molecule has 0 radical (unpaired) electrons. The molecule has 2 aliphatic rings. The first-order valence-corrected chi connectivity index (χ1v) is 4.42. The van der Waals surface area contributed by atoms with Crippen molar-refractivity contribution in [1.29, 1.82) is 0 Å². The van der Waals surface area contributed by atoms with E-state index in [1.54, 1.807) is 0 Å². The summed E-state index contributed by atoms with van der Waals surface area (Å²) in [6.07, 6.45) is 3.76. The molecule has 0 aromatic rings. The normalized spacial score (nSPS) is 32.0. The van der Waals surface area contributed by atoms with E-state index in [4.69, 9.17) is 5.11 Å². The summed E-state index contributed by atoms with van der Waals surface area (Å²) in [5.74, 6) is -1.31. The summed E-state index contributed by atoms with van der Waals surface area (Å²) >= 11 is 0. The minimum absolute atomic E-state index is 0.0346. The average molecular weight is 181 g/mol. The number of carbonyl (C=O) groups excluding carboxylic acids is 1. The number of rotatable bonds is 1. The minimum atomic E-state index is -0.977. The van der Waals surface area contributed by atoms with Crippen molar-refractivity contribution in [3.63, 3.8) is 0 Å². The summed E-state index contributed by atoms with van der Waals surface area (Å²) in [5, 5.41) is 11.8. The van der Waals surface area contributed by atoms with Crippen molar-refractivity contribution in [3.05, 3.63) is 11.8 Å². The molecule has 1 fully saturated rings. The Morgan fingerprint density at radius 3 is 3.08 bits per heavy atom. The Labute approximate surface area is 75.6 Å². The van der Waals surface area contributed by atoms with Crippen molar-refractivity contribution in [1.82, 2.24) is 5.32 Å². The Bertz CT molecular complexity index is 295. The molecule has 0 amide bonds. The molecule has 1 saturated carbocycles. The van der Waals surface area contributed by atoms with Crippen LogP contribution < -0.4 is 5.32 Å². The van der Waals surface area contributed by atoms with Gasteiger partial charge in [-0.15, -0.1) is 0 Å². The Kier molecular flexibility index (Phi) is 1.83. The maximum absolute atomic E-state index is 11.4. The van der Waals surface area contributed by atoms with Crippen LogP contribution in [-0.4, -0.2) is 22.9 Å². The van der Waals surface area contributed by atoms with Gasteiger partial charge in [0, 0.05) is 18.7 Å². The molecular weight excluding hydrogens is 170 g/mol. The van der Waals surface area contributed by atoms with Crippen LogP contribution in [0.15, 0.2) is 11.8 Å². The molecule has 2 rings (SSSR count). The zero-order valence-electron chi connectivity index (χ0n) is 7.12. The van der Waals surface area contributed by atoms with Gasteiger partial charge in [0.1, 0.15) is 5.78 Å². The minimum Gasteiger partial charge on any atom is -0.478 e. The van der Waals surface area contributed by atoms with Crippen LogP contribution in [-0.2, 0) is 9.59 Å². The van der Waals surface area contributed by atoms with Crippen molar-refractivity contribution in [3.8, 4) is 0 Å². The highest BCUT2D eigenvalue weighted by Gasteiger charge is 2.40. The molecule has 2 atom stereocenters. The van der Waals surface area contributed by atoms with Crippen LogP contribution in [0.25, 0.3) is 0 Å². The van der Waals surface area contributed by atoms with E-state index in [2.05, 4.69) is 5.32 Å². The highest BCUT2D eigenvalue weighted by molar-refractivity contribution is 5.98. The fraction of sp³-hybridized carbons (Fsp3) is 0.556. The number of Topliss-reactive ketones (excluding diaryl/α,β-unsaturated/α-hetero) is 1. The van der Waals surface area contributed by atoms with Gasteiger partial charge in [-0.05, 0) is 12.8 Å². The van der Waals surface area contributed by atoms with E-state index in [0.29, 0.717) is 6.42 Å². The summed E-state index contributed by atoms with van der Waals surface area (Å²) in [6.45, 7) is 0. The molecule has 0 bridgehead atoms. The zero-order valence-corrected chi connectivity index (χ0v) is 7.12. The van der Waals surface area contributed by atoms with Crippen molar-refractivity contribution in [2.45, 2.75) is 25.3 Å². The molecule has 2 N–H and O–H groups in total. The number of carboxylic acid groups (broad SMARTS) is 1. The third-order valence-electron chi connectivity index (χ3n) is 2.72. The first kappa shape index (κ1) is 8.29. The SMILES string of the molecule is O=C(O)C1=CNC2CCCC(=O)C12. The number of hydrogen-bond donors (Lipinski definition) is 2. The van der Waals surface area contributed by atoms with E-state index in [-0.39, 0.29) is 17.4 Å². The van der Waals surface area contributed by atoms with E-state index >= 15 is 0 Å². The van der Waals surface area contributed by atoms with E-state index in [0.717, 1.165) is 12.8 Å². The Morgan fingerprint density at radius 1 is 1.62 bits per heavy atom. The summed E-state index contributed by atoms with van der Waals surface area (Å²) in [7, 11) is 0. The maximum Gasteiger partial charge on any atom is 0.333 e. The topological polar surface area (TPSA) is 66.4 Å². The van der Waals surface area contributed by atoms with Crippen LogP contribution in [0.3, 0.4) is 0 Å². The lowest BCUT2D eigenvalue weighted by Crippen LogP contribution is -2.37. The summed E-state index contributed by atoms with van der Waals surface area (Å²) in [6, 6.07) is 0.0346. The molecule has 13 heavy (non-hydrogen) atoms. The second-order valence-corrected chi connectivity index (χ2v) is 3.51. The molecule has 1 aliphatic carbocycles. The highest BCUT2D eigenvalue weighted by Crippen LogP contribution is 2.31. The monoisotopic (exact) mass is 181 g/mol. The predicted octanol–water partition coefficient (Wildman–Crippen LogP) is 0.296. The standard InChI is InChI=1S/C9H11NO3/c11-7-3-1-2-6-8(7)5(4-10-6)9(12)13/h4,6,8,10H,1-3H2,(H,12,13). The smallest absolute Gasteiger partial charge is 0.333 e.